The summed E-state index contributed by atoms with van der Waals surface area (Å²) in [7, 11) is 0. The van der Waals surface area contributed by atoms with Crippen LogP contribution >= 0.6 is 0 Å². The smallest absolute Gasteiger partial charge is 0.253 e. The molecule has 1 amide bonds. The number of benzene rings is 1. The lowest BCUT2D eigenvalue weighted by atomic mass is 10.1. The highest BCUT2D eigenvalue weighted by Gasteiger charge is 2.25. The van der Waals surface area contributed by atoms with Crippen LogP contribution in [0, 0.1) is 0 Å². The van der Waals surface area contributed by atoms with Gasteiger partial charge >= 0.3 is 0 Å². The Balaban J connectivity index is 1.50. The summed E-state index contributed by atoms with van der Waals surface area (Å²) in [6.07, 6.45) is 3.79. The first kappa shape index (κ1) is 15.5. The van der Waals surface area contributed by atoms with Gasteiger partial charge in [0, 0.05) is 44.9 Å². The molecular formula is C18H26N2O2. The molecule has 0 radical (unpaired) electrons. The Morgan fingerprint density at radius 3 is 2.50 bits per heavy atom. The van der Waals surface area contributed by atoms with Crippen molar-refractivity contribution in [1.82, 2.24) is 9.80 Å². The molecule has 0 bridgehead atoms. The first-order valence-corrected chi connectivity index (χ1v) is 8.48. The van der Waals surface area contributed by atoms with Crippen molar-refractivity contribution < 1.29 is 9.53 Å². The average Bonchev–Trinajstić information content (AvgIpc) is 3.08. The molecule has 1 unspecified atom stereocenters. The van der Waals surface area contributed by atoms with E-state index < -0.39 is 0 Å². The molecule has 2 aliphatic rings. The Hall–Kier alpha value is -1.39. The molecule has 1 aromatic rings. The predicted octanol–water partition coefficient (Wildman–Crippen LogP) is 2.19. The Morgan fingerprint density at radius 2 is 1.91 bits per heavy atom. The molecule has 0 saturated carbocycles. The zero-order chi connectivity index (χ0) is 15.4. The summed E-state index contributed by atoms with van der Waals surface area (Å²) in [5.41, 5.74) is 2.09. The van der Waals surface area contributed by atoms with Gasteiger partial charge < -0.3 is 9.64 Å². The number of carbonyl (C=O) groups is 1. The predicted molar refractivity (Wildman–Crippen MR) is 87.1 cm³/mol. The van der Waals surface area contributed by atoms with Gasteiger partial charge in [-0.25, -0.2) is 0 Å². The topological polar surface area (TPSA) is 32.8 Å². The lowest BCUT2D eigenvalue weighted by Gasteiger charge is -2.35. The molecule has 1 aromatic carbocycles. The minimum Gasteiger partial charge on any atom is -0.377 e. The monoisotopic (exact) mass is 302 g/mol. The standard InChI is InChI=1S/C18H26N2O2/c1-2-15-5-7-16(8-6-15)18(21)20-11-9-19(10-12-20)14-17-4-3-13-22-17/h5-8,17H,2-4,9-14H2,1H3. The van der Waals surface area contributed by atoms with Crippen LogP contribution in [0.1, 0.15) is 35.7 Å². The van der Waals surface area contributed by atoms with Crippen molar-refractivity contribution in [2.24, 2.45) is 0 Å². The van der Waals surface area contributed by atoms with Gasteiger partial charge in [-0.1, -0.05) is 19.1 Å². The lowest BCUT2D eigenvalue weighted by Crippen LogP contribution is -2.50. The molecule has 120 valence electrons. The van der Waals surface area contributed by atoms with Gasteiger partial charge in [0.15, 0.2) is 0 Å². The quantitative estimate of drug-likeness (QED) is 0.855. The molecule has 0 N–H and O–H groups in total. The summed E-state index contributed by atoms with van der Waals surface area (Å²) in [6.45, 7) is 7.62. The molecule has 22 heavy (non-hydrogen) atoms. The Labute approximate surface area is 133 Å². The second-order valence-corrected chi connectivity index (χ2v) is 6.28. The van der Waals surface area contributed by atoms with Crippen LogP contribution in [0.5, 0.6) is 0 Å². The van der Waals surface area contributed by atoms with Crippen molar-refractivity contribution >= 4 is 5.91 Å². The highest BCUT2D eigenvalue weighted by atomic mass is 16.5. The van der Waals surface area contributed by atoms with Crippen LogP contribution in [0.2, 0.25) is 0 Å². The lowest BCUT2D eigenvalue weighted by molar-refractivity contribution is 0.0433. The van der Waals surface area contributed by atoms with Crippen molar-refractivity contribution in [3.05, 3.63) is 35.4 Å². The van der Waals surface area contributed by atoms with Crippen molar-refractivity contribution in [3.8, 4) is 0 Å². The van der Waals surface area contributed by atoms with E-state index in [1.807, 2.05) is 17.0 Å². The summed E-state index contributed by atoms with van der Waals surface area (Å²) in [5, 5.41) is 0. The van der Waals surface area contributed by atoms with Crippen LogP contribution in [-0.2, 0) is 11.2 Å². The molecule has 0 spiro atoms. The normalized spacial score (nSPS) is 23.0. The van der Waals surface area contributed by atoms with E-state index in [-0.39, 0.29) is 5.91 Å². The van der Waals surface area contributed by atoms with E-state index in [0.717, 1.165) is 51.3 Å². The molecule has 0 aromatic heterocycles. The van der Waals surface area contributed by atoms with Gasteiger partial charge in [-0.05, 0) is 37.0 Å². The number of carbonyl (C=O) groups excluding carboxylic acids is 1. The third-order valence-electron chi connectivity index (χ3n) is 4.75. The van der Waals surface area contributed by atoms with E-state index in [9.17, 15) is 4.79 Å². The average molecular weight is 302 g/mol. The van der Waals surface area contributed by atoms with Crippen LogP contribution in [0.25, 0.3) is 0 Å². The van der Waals surface area contributed by atoms with E-state index in [1.54, 1.807) is 0 Å². The molecule has 1 atom stereocenters. The molecule has 2 aliphatic heterocycles. The fraction of sp³-hybridized carbons (Fsp3) is 0.611. The molecule has 0 aliphatic carbocycles. The molecule has 4 heteroatoms. The highest BCUT2D eigenvalue weighted by Crippen LogP contribution is 2.15. The second-order valence-electron chi connectivity index (χ2n) is 6.28. The van der Waals surface area contributed by atoms with Crippen molar-refractivity contribution in [3.63, 3.8) is 0 Å². The first-order chi connectivity index (χ1) is 10.8. The maximum atomic E-state index is 12.5. The van der Waals surface area contributed by atoms with Gasteiger partial charge in [0.05, 0.1) is 6.10 Å². The van der Waals surface area contributed by atoms with E-state index in [2.05, 4.69) is 24.0 Å². The van der Waals surface area contributed by atoms with Crippen molar-refractivity contribution in [2.45, 2.75) is 32.3 Å². The summed E-state index contributed by atoms with van der Waals surface area (Å²) < 4.78 is 5.70. The van der Waals surface area contributed by atoms with Gasteiger partial charge in [0.2, 0.25) is 0 Å². The Morgan fingerprint density at radius 1 is 1.18 bits per heavy atom. The van der Waals surface area contributed by atoms with E-state index in [0.29, 0.717) is 6.10 Å². The van der Waals surface area contributed by atoms with E-state index >= 15 is 0 Å². The zero-order valence-electron chi connectivity index (χ0n) is 13.5. The van der Waals surface area contributed by atoms with Crippen LogP contribution in [-0.4, -0.2) is 61.1 Å². The highest BCUT2D eigenvalue weighted by molar-refractivity contribution is 5.94. The number of aryl methyl sites for hydroxylation is 1. The van der Waals surface area contributed by atoms with Gasteiger partial charge in [0.25, 0.3) is 5.91 Å². The minimum absolute atomic E-state index is 0.166. The summed E-state index contributed by atoms with van der Waals surface area (Å²) in [5.74, 6) is 0.166. The van der Waals surface area contributed by atoms with E-state index in [1.165, 1.54) is 18.4 Å². The third-order valence-corrected chi connectivity index (χ3v) is 4.75. The molecule has 2 saturated heterocycles. The third kappa shape index (κ3) is 3.68. The molecule has 3 rings (SSSR count). The number of hydrogen-bond donors (Lipinski definition) is 0. The molecule has 4 nitrogen and oxygen atoms in total. The first-order valence-electron chi connectivity index (χ1n) is 8.48. The largest absolute Gasteiger partial charge is 0.377 e. The van der Waals surface area contributed by atoms with Crippen molar-refractivity contribution in [1.29, 1.82) is 0 Å². The van der Waals surface area contributed by atoms with Crippen LogP contribution in [0.3, 0.4) is 0 Å². The number of nitrogens with zero attached hydrogens (tertiary/aromatic N) is 2. The summed E-state index contributed by atoms with van der Waals surface area (Å²) in [4.78, 5) is 16.9. The summed E-state index contributed by atoms with van der Waals surface area (Å²) in [6, 6.07) is 8.03. The van der Waals surface area contributed by atoms with Gasteiger partial charge in [0.1, 0.15) is 0 Å². The van der Waals surface area contributed by atoms with Crippen LogP contribution in [0.15, 0.2) is 24.3 Å². The zero-order valence-corrected chi connectivity index (χ0v) is 13.5. The summed E-state index contributed by atoms with van der Waals surface area (Å²) >= 11 is 0. The van der Waals surface area contributed by atoms with Gasteiger partial charge in [-0.15, -0.1) is 0 Å². The van der Waals surface area contributed by atoms with Gasteiger partial charge in [-0.2, -0.15) is 0 Å². The number of amides is 1. The van der Waals surface area contributed by atoms with Crippen LogP contribution < -0.4 is 0 Å². The Bertz CT molecular complexity index is 486. The van der Waals surface area contributed by atoms with Crippen LogP contribution in [0.4, 0.5) is 0 Å². The maximum Gasteiger partial charge on any atom is 0.253 e. The fourth-order valence-corrected chi connectivity index (χ4v) is 3.28. The molecule has 2 fully saturated rings. The molecule has 2 heterocycles. The molecular weight excluding hydrogens is 276 g/mol. The number of piperazine rings is 1. The minimum atomic E-state index is 0.166. The second kappa shape index (κ2) is 7.25. The fourth-order valence-electron chi connectivity index (χ4n) is 3.28. The SMILES string of the molecule is CCc1ccc(C(=O)N2CCN(CC3CCCO3)CC2)cc1. The number of rotatable bonds is 4. The van der Waals surface area contributed by atoms with Crippen molar-refractivity contribution in [2.75, 3.05) is 39.3 Å². The van der Waals surface area contributed by atoms with E-state index in [4.69, 9.17) is 4.74 Å². The maximum absolute atomic E-state index is 12.5. The van der Waals surface area contributed by atoms with Gasteiger partial charge in [-0.3, -0.25) is 9.69 Å². The number of hydrogen-bond acceptors (Lipinski definition) is 3. The number of ether oxygens (including phenoxy) is 1. The Kier molecular flexibility index (Phi) is 5.11.